The Bertz CT molecular complexity index is 668. The highest BCUT2D eigenvalue weighted by Gasteiger charge is 2.23. The summed E-state index contributed by atoms with van der Waals surface area (Å²) in [6.45, 7) is 1.91. The number of sulfonamides is 1. The first-order valence-electron chi connectivity index (χ1n) is 5.62. The molecule has 0 aliphatic heterocycles. The fourth-order valence-electron chi connectivity index (χ4n) is 1.75. The van der Waals surface area contributed by atoms with Crippen molar-refractivity contribution in [2.24, 2.45) is 0 Å². The van der Waals surface area contributed by atoms with Crippen LogP contribution < -0.4 is 0 Å². The van der Waals surface area contributed by atoms with E-state index >= 15 is 0 Å². The van der Waals surface area contributed by atoms with Gasteiger partial charge in [-0.05, 0) is 30.7 Å². The molecule has 1 aromatic carbocycles. The van der Waals surface area contributed by atoms with Crippen LogP contribution in [0.3, 0.4) is 0 Å². The summed E-state index contributed by atoms with van der Waals surface area (Å²) in [5.41, 5.74) is 0.624. The highest BCUT2D eigenvalue weighted by atomic mass is 35.5. The van der Waals surface area contributed by atoms with Gasteiger partial charge in [0.1, 0.15) is 5.82 Å². The molecule has 0 amide bonds. The molecule has 0 fully saturated rings. The van der Waals surface area contributed by atoms with E-state index in [1.165, 1.54) is 17.4 Å². The number of imidazole rings is 1. The van der Waals surface area contributed by atoms with Gasteiger partial charge in [0, 0.05) is 24.5 Å². The van der Waals surface area contributed by atoms with E-state index in [1.807, 2.05) is 0 Å². The number of rotatable bonds is 4. The summed E-state index contributed by atoms with van der Waals surface area (Å²) in [6.07, 6.45) is 3.24. The Morgan fingerprint density at radius 1 is 1.42 bits per heavy atom. The molecule has 0 unspecified atom stereocenters. The second-order valence-corrected chi connectivity index (χ2v) is 6.66. The van der Waals surface area contributed by atoms with E-state index in [-0.39, 0.29) is 11.4 Å². The maximum absolute atomic E-state index is 12.4. The third-order valence-corrected chi connectivity index (χ3v) is 4.95. The van der Waals surface area contributed by atoms with Crippen LogP contribution in [0, 0.1) is 6.92 Å². The minimum absolute atomic E-state index is 0.192. The molecule has 102 valence electrons. The number of benzene rings is 1. The van der Waals surface area contributed by atoms with Crippen molar-refractivity contribution in [2.75, 3.05) is 7.05 Å². The Kier molecular flexibility index (Phi) is 3.93. The summed E-state index contributed by atoms with van der Waals surface area (Å²) < 4.78 is 26.1. The molecule has 0 saturated heterocycles. The zero-order valence-electron chi connectivity index (χ0n) is 10.6. The van der Waals surface area contributed by atoms with E-state index in [0.29, 0.717) is 16.4 Å². The van der Waals surface area contributed by atoms with Gasteiger partial charge in [-0.1, -0.05) is 11.6 Å². The smallest absolute Gasteiger partial charge is 0.243 e. The largest absolute Gasteiger partial charge is 0.347 e. The molecule has 7 heteroatoms. The normalized spacial score (nSPS) is 12.0. The average molecular weight is 300 g/mol. The molecule has 0 spiro atoms. The van der Waals surface area contributed by atoms with Gasteiger partial charge in [0.15, 0.2) is 0 Å². The van der Waals surface area contributed by atoms with Crippen LogP contribution in [0.1, 0.15) is 11.4 Å². The number of hydrogen-bond donors (Lipinski definition) is 1. The number of aryl methyl sites for hydroxylation is 1. The molecule has 0 radical (unpaired) electrons. The second kappa shape index (κ2) is 5.32. The lowest BCUT2D eigenvalue weighted by atomic mass is 10.2. The molecule has 2 aromatic rings. The van der Waals surface area contributed by atoms with Crippen molar-refractivity contribution in [1.29, 1.82) is 0 Å². The summed E-state index contributed by atoms with van der Waals surface area (Å²) in [6, 6.07) is 4.73. The Morgan fingerprint density at radius 3 is 2.74 bits per heavy atom. The number of aromatic amines is 1. The molecular formula is C12H14ClN3O2S. The van der Waals surface area contributed by atoms with Gasteiger partial charge in [-0.25, -0.2) is 13.4 Å². The minimum atomic E-state index is -3.55. The first-order chi connectivity index (χ1) is 8.91. The van der Waals surface area contributed by atoms with Crippen LogP contribution in [0.15, 0.2) is 35.5 Å². The molecule has 2 rings (SSSR count). The first-order valence-corrected chi connectivity index (χ1v) is 7.44. The van der Waals surface area contributed by atoms with Crippen LogP contribution in [0.4, 0.5) is 0 Å². The molecule has 0 bridgehead atoms. The third kappa shape index (κ3) is 2.97. The molecule has 0 saturated carbocycles. The number of H-pyrrole nitrogens is 1. The summed E-state index contributed by atoms with van der Waals surface area (Å²) in [4.78, 5) is 7.15. The predicted molar refractivity (Wildman–Crippen MR) is 73.4 cm³/mol. The van der Waals surface area contributed by atoms with E-state index < -0.39 is 10.0 Å². The number of nitrogens with one attached hydrogen (secondary N) is 1. The van der Waals surface area contributed by atoms with Crippen molar-refractivity contribution >= 4 is 21.6 Å². The maximum Gasteiger partial charge on any atom is 0.243 e. The number of halogens is 1. The van der Waals surface area contributed by atoms with Gasteiger partial charge < -0.3 is 4.98 Å². The molecule has 1 aromatic heterocycles. The van der Waals surface area contributed by atoms with Crippen molar-refractivity contribution in [3.05, 3.63) is 47.0 Å². The lowest BCUT2D eigenvalue weighted by Gasteiger charge is -2.17. The second-order valence-electron chi connectivity index (χ2n) is 4.21. The number of hydrogen-bond acceptors (Lipinski definition) is 3. The SMILES string of the molecule is Cc1cc(Cl)ccc1S(=O)(=O)N(C)Cc1ncc[nH]1. The average Bonchev–Trinajstić information content (AvgIpc) is 2.81. The van der Waals surface area contributed by atoms with Crippen molar-refractivity contribution in [3.8, 4) is 0 Å². The fraction of sp³-hybridized carbons (Fsp3) is 0.250. The van der Waals surface area contributed by atoms with Gasteiger partial charge in [-0.2, -0.15) is 4.31 Å². The standard InChI is InChI=1S/C12H14ClN3O2S/c1-9-7-10(13)3-4-11(9)19(17,18)16(2)8-12-14-5-6-15-12/h3-7H,8H2,1-2H3,(H,14,15). The van der Waals surface area contributed by atoms with E-state index in [4.69, 9.17) is 11.6 Å². The molecule has 1 heterocycles. The monoisotopic (exact) mass is 299 g/mol. The quantitative estimate of drug-likeness (QED) is 0.941. The van der Waals surface area contributed by atoms with E-state index in [2.05, 4.69) is 9.97 Å². The summed E-state index contributed by atoms with van der Waals surface area (Å²) >= 11 is 5.84. The van der Waals surface area contributed by atoms with Gasteiger partial charge in [0.05, 0.1) is 11.4 Å². The van der Waals surface area contributed by atoms with Gasteiger partial charge in [-0.3, -0.25) is 0 Å². The van der Waals surface area contributed by atoms with Gasteiger partial charge in [0.25, 0.3) is 0 Å². The molecule has 0 aliphatic carbocycles. The van der Waals surface area contributed by atoms with Crippen molar-refractivity contribution in [2.45, 2.75) is 18.4 Å². The molecule has 0 atom stereocenters. The van der Waals surface area contributed by atoms with E-state index in [9.17, 15) is 8.42 Å². The van der Waals surface area contributed by atoms with Crippen molar-refractivity contribution in [3.63, 3.8) is 0 Å². The van der Waals surface area contributed by atoms with Crippen molar-refractivity contribution < 1.29 is 8.42 Å². The highest BCUT2D eigenvalue weighted by Crippen LogP contribution is 2.22. The van der Waals surface area contributed by atoms with Crippen molar-refractivity contribution in [1.82, 2.24) is 14.3 Å². The van der Waals surface area contributed by atoms with Crippen LogP contribution >= 0.6 is 11.6 Å². The fourth-order valence-corrected chi connectivity index (χ4v) is 3.31. The number of nitrogens with zero attached hydrogens (tertiary/aromatic N) is 2. The Hall–Kier alpha value is -1.37. The molecular weight excluding hydrogens is 286 g/mol. The molecule has 1 N–H and O–H groups in total. The first kappa shape index (κ1) is 14.0. The third-order valence-electron chi connectivity index (χ3n) is 2.75. The lowest BCUT2D eigenvalue weighted by molar-refractivity contribution is 0.457. The van der Waals surface area contributed by atoms with Crippen LogP contribution in [-0.4, -0.2) is 29.7 Å². The summed E-state index contributed by atoms with van der Waals surface area (Å²) in [7, 11) is -2.03. The van der Waals surface area contributed by atoms with Gasteiger partial charge in [0.2, 0.25) is 10.0 Å². The van der Waals surface area contributed by atoms with Crippen LogP contribution in [0.5, 0.6) is 0 Å². The number of aromatic nitrogens is 2. The zero-order valence-corrected chi connectivity index (χ0v) is 12.2. The van der Waals surface area contributed by atoms with Crippen LogP contribution in [0.25, 0.3) is 0 Å². The van der Waals surface area contributed by atoms with Crippen LogP contribution in [-0.2, 0) is 16.6 Å². The van der Waals surface area contributed by atoms with E-state index in [1.54, 1.807) is 31.5 Å². The summed E-state index contributed by atoms with van der Waals surface area (Å²) in [5.74, 6) is 0.595. The Balaban J connectivity index is 2.31. The topological polar surface area (TPSA) is 66.1 Å². The Morgan fingerprint density at radius 2 is 2.16 bits per heavy atom. The highest BCUT2D eigenvalue weighted by molar-refractivity contribution is 7.89. The summed E-state index contributed by atoms with van der Waals surface area (Å²) in [5, 5.41) is 0.519. The maximum atomic E-state index is 12.4. The van der Waals surface area contributed by atoms with Gasteiger partial charge in [-0.15, -0.1) is 0 Å². The van der Waals surface area contributed by atoms with Crippen LogP contribution in [0.2, 0.25) is 5.02 Å². The molecule has 19 heavy (non-hydrogen) atoms. The van der Waals surface area contributed by atoms with Gasteiger partial charge >= 0.3 is 0 Å². The lowest BCUT2D eigenvalue weighted by Crippen LogP contribution is -2.27. The van der Waals surface area contributed by atoms with E-state index in [0.717, 1.165) is 0 Å². The predicted octanol–water partition coefficient (Wildman–Crippen LogP) is 2.19. The minimum Gasteiger partial charge on any atom is -0.347 e. The molecule has 0 aliphatic rings. The molecule has 5 nitrogen and oxygen atoms in total. The Labute approximate surface area is 117 Å². The zero-order chi connectivity index (χ0) is 14.0.